The quantitative estimate of drug-likeness (QED) is 0.668. The summed E-state index contributed by atoms with van der Waals surface area (Å²) in [7, 11) is -0.744. The van der Waals surface area contributed by atoms with Gasteiger partial charge in [0.2, 0.25) is 10.0 Å². The zero-order chi connectivity index (χ0) is 21.0. The van der Waals surface area contributed by atoms with Gasteiger partial charge in [-0.15, -0.1) is 0 Å². The number of aryl methyl sites for hydroxylation is 1. The molecule has 3 aromatic rings. The molecule has 0 unspecified atom stereocenters. The summed E-state index contributed by atoms with van der Waals surface area (Å²) in [5, 5.41) is 2.79. The lowest BCUT2D eigenvalue weighted by atomic mass is 10.1. The molecule has 1 heterocycles. The van der Waals surface area contributed by atoms with Crippen LogP contribution in [0, 0.1) is 6.92 Å². The van der Waals surface area contributed by atoms with E-state index in [1.165, 1.54) is 32.3 Å². The molecule has 0 aliphatic carbocycles. The lowest BCUT2D eigenvalue weighted by Crippen LogP contribution is -2.22. The number of nitrogens with one attached hydrogen (secondary N) is 1. The molecule has 1 aromatic heterocycles. The Morgan fingerprint density at radius 2 is 1.76 bits per heavy atom. The number of aromatic nitrogens is 2. The number of anilines is 1. The van der Waals surface area contributed by atoms with E-state index >= 15 is 0 Å². The van der Waals surface area contributed by atoms with Gasteiger partial charge in [-0.2, -0.15) is 0 Å². The maximum absolute atomic E-state index is 12.6. The normalized spacial score (nSPS) is 11.3. The van der Waals surface area contributed by atoms with Crippen molar-refractivity contribution in [3.8, 4) is 11.8 Å². The van der Waals surface area contributed by atoms with Gasteiger partial charge in [0, 0.05) is 37.7 Å². The van der Waals surface area contributed by atoms with Crippen LogP contribution in [0.15, 0.2) is 65.8 Å². The van der Waals surface area contributed by atoms with E-state index in [2.05, 4.69) is 15.3 Å². The fourth-order valence-corrected chi connectivity index (χ4v) is 3.43. The first-order chi connectivity index (χ1) is 13.8. The predicted molar refractivity (Wildman–Crippen MR) is 109 cm³/mol. The summed E-state index contributed by atoms with van der Waals surface area (Å²) in [6.45, 7) is 1.82. The molecule has 0 aliphatic heterocycles. The molecule has 0 saturated carbocycles. The van der Waals surface area contributed by atoms with E-state index in [0.717, 1.165) is 9.87 Å². The van der Waals surface area contributed by atoms with Crippen LogP contribution in [0.2, 0.25) is 0 Å². The van der Waals surface area contributed by atoms with Gasteiger partial charge in [-0.25, -0.2) is 22.7 Å². The monoisotopic (exact) mass is 412 g/mol. The molecule has 0 radical (unpaired) electrons. The molecule has 8 nitrogen and oxygen atoms in total. The Labute approximate surface area is 169 Å². The average Bonchev–Trinajstić information content (AvgIpc) is 2.70. The van der Waals surface area contributed by atoms with Crippen molar-refractivity contribution >= 4 is 21.6 Å². The third kappa shape index (κ3) is 4.76. The van der Waals surface area contributed by atoms with E-state index in [1.54, 1.807) is 42.7 Å². The van der Waals surface area contributed by atoms with Gasteiger partial charge in [0.15, 0.2) is 0 Å². The molecule has 0 aliphatic rings. The highest BCUT2D eigenvalue weighted by Gasteiger charge is 2.19. The Morgan fingerprint density at radius 3 is 2.41 bits per heavy atom. The lowest BCUT2D eigenvalue weighted by molar-refractivity contribution is 0.102. The Bertz CT molecular complexity index is 1130. The Hall–Kier alpha value is -3.30. The van der Waals surface area contributed by atoms with Crippen LogP contribution >= 0.6 is 0 Å². The van der Waals surface area contributed by atoms with Gasteiger partial charge in [0.1, 0.15) is 5.75 Å². The van der Waals surface area contributed by atoms with Crippen LogP contribution in [0.25, 0.3) is 0 Å². The third-order valence-electron chi connectivity index (χ3n) is 4.07. The molecule has 1 amide bonds. The largest absolute Gasteiger partial charge is 0.424 e. The topological polar surface area (TPSA) is 101 Å². The van der Waals surface area contributed by atoms with Gasteiger partial charge in [0.05, 0.1) is 4.90 Å². The first kappa shape index (κ1) is 20.4. The fourth-order valence-electron chi connectivity index (χ4n) is 2.49. The van der Waals surface area contributed by atoms with Crippen LogP contribution < -0.4 is 10.1 Å². The molecule has 0 saturated heterocycles. The van der Waals surface area contributed by atoms with E-state index in [0.29, 0.717) is 11.4 Å². The summed E-state index contributed by atoms with van der Waals surface area (Å²) in [5.74, 6) is 0.120. The van der Waals surface area contributed by atoms with Crippen molar-refractivity contribution in [1.82, 2.24) is 14.3 Å². The van der Waals surface area contributed by atoms with Crippen molar-refractivity contribution in [2.24, 2.45) is 0 Å². The SMILES string of the molecule is Cc1cc(Oc2ncccn2)ccc1NC(=O)c1cccc(S(=O)(=O)N(C)C)c1. The lowest BCUT2D eigenvalue weighted by Gasteiger charge is -2.13. The van der Waals surface area contributed by atoms with Crippen molar-refractivity contribution < 1.29 is 17.9 Å². The number of hydrogen-bond acceptors (Lipinski definition) is 6. The van der Waals surface area contributed by atoms with Crippen LogP contribution in [-0.2, 0) is 10.0 Å². The van der Waals surface area contributed by atoms with Crippen molar-refractivity contribution in [2.75, 3.05) is 19.4 Å². The number of carbonyl (C=O) groups is 1. The second kappa shape index (κ2) is 8.38. The first-order valence-corrected chi connectivity index (χ1v) is 10.1. The second-order valence-corrected chi connectivity index (χ2v) is 8.53. The van der Waals surface area contributed by atoms with Crippen LogP contribution in [0.1, 0.15) is 15.9 Å². The summed E-state index contributed by atoms with van der Waals surface area (Å²) in [5.41, 5.74) is 1.59. The maximum atomic E-state index is 12.6. The zero-order valence-corrected chi connectivity index (χ0v) is 17.0. The zero-order valence-electron chi connectivity index (χ0n) is 16.2. The molecule has 150 valence electrons. The summed E-state index contributed by atoms with van der Waals surface area (Å²) in [6.07, 6.45) is 3.16. The van der Waals surface area contributed by atoms with Gasteiger partial charge >= 0.3 is 6.01 Å². The Balaban J connectivity index is 1.77. The van der Waals surface area contributed by atoms with Crippen molar-refractivity contribution in [1.29, 1.82) is 0 Å². The summed E-state index contributed by atoms with van der Waals surface area (Å²) in [4.78, 5) is 20.7. The van der Waals surface area contributed by atoms with Crippen molar-refractivity contribution in [3.05, 3.63) is 72.1 Å². The number of nitrogens with zero attached hydrogens (tertiary/aromatic N) is 3. The molecule has 0 bridgehead atoms. The molecule has 1 N–H and O–H groups in total. The van der Waals surface area contributed by atoms with Gasteiger partial charge < -0.3 is 10.1 Å². The third-order valence-corrected chi connectivity index (χ3v) is 5.88. The van der Waals surface area contributed by atoms with E-state index in [4.69, 9.17) is 4.74 Å². The average molecular weight is 412 g/mol. The molecule has 2 aromatic carbocycles. The summed E-state index contributed by atoms with van der Waals surface area (Å²) >= 11 is 0. The summed E-state index contributed by atoms with van der Waals surface area (Å²) < 4.78 is 31.2. The summed E-state index contributed by atoms with van der Waals surface area (Å²) in [6, 6.07) is 13.0. The van der Waals surface area contributed by atoms with E-state index in [-0.39, 0.29) is 16.5 Å². The number of ether oxygens (including phenoxy) is 1. The fraction of sp³-hybridized carbons (Fsp3) is 0.150. The molecular formula is C20H20N4O4S. The van der Waals surface area contributed by atoms with E-state index in [9.17, 15) is 13.2 Å². The molecule has 0 atom stereocenters. The minimum absolute atomic E-state index is 0.0541. The van der Waals surface area contributed by atoms with E-state index < -0.39 is 15.9 Å². The van der Waals surface area contributed by atoms with Gasteiger partial charge in [-0.1, -0.05) is 6.07 Å². The number of carbonyl (C=O) groups excluding carboxylic acids is 1. The minimum Gasteiger partial charge on any atom is -0.424 e. The van der Waals surface area contributed by atoms with Crippen LogP contribution in [0.3, 0.4) is 0 Å². The number of benzene rings is 2. The van der Waals surface area contributed by atoms with Gasteiger partial charge in [-0.05, 0) is 55.0 Å². The molecular weight excluding hydrogens is 392 g/mol. The maximum Gasteiger partial charge on any atom is 0.321 e. The predicted octanol–water partition coefficient (Wildman–Crippen LogP) is 3.08. The highest BCUT2D eigenvalue weighted by molar-refractivity contribution is 7.89. The van der Waals surface area contributed by atoms with Gasteiger partial charge in [-0.3, -0.25) is 4.79 Å². The highest BCUT2D eigenvalue weighted by atomic mass is 32.2. The van der Waals surface area contributed by atoms with Crippen LogP contribution in [-0.4, -0.2) is 42.7 Å². The smallest absolute Gasteiger partial charge is 0.321 e. The molecule has 0 spiro atoms. The Kier molecular flexibility index (Phi) is 5.90. The van der Waals surface area contributed by atoms with E-state index in [1.807, 2.05) is 6.92 Å². The molecule has 0 fully saturated rings. The number of amides is 1. The molecule has 9 heteroatoms. The van der Waals surface area contributed by atoms with Crippen LogP contribution in [0.4, 0.5) is 5.69 Å². The molecule has 3 rings (SSSR count). The van der Waals surface area contributed by atoms with Crippen molar-refractivity contribution in [2.45, 2.75) is 11.8 Å². The number of hydrogen-bond donors (Lipinski definition) is 1. The first-order valence-electron chi connectivity index (χ1n) is 8.67. The van der Waals surface area contributed by atoms with Crippen molar-refractivity contribution in [3.63, 3.8) is 0 Å². The minimum atomic E-state index is -3.62. The standard InChI is InChI=1S/C20H20N4O4S/c1-14-12-16(28-20-21-10-5-11-22-20)8-9-18(14)23-19(25)15-6-4-7-17(13-15)29(26,27)24(2)3/h4-13H,1-3H3,(H,23,25). The highest BCUT2D eigenvalue weighted by Crippen LogP contribution is 2.25. The van der Waals surface area contributed by atoms with Gasteiger partial charge in [0.25, 0.3) is 5.91 Å². The Morgan fingerprint density at radius 1 is 1.03 bits per heavy atom. The molecule has 29 heavy (non-hydrogen) atoms. The van der Waals surface area contributed by atoms with Crippen LogP contribution in [0.5, 0.6) is 11.8 Å². The number of rotatable bonds is 6. The number of sulfonamides is 1. The second-order valence-electron chi connectivity index (χ2n) is 6.38.